The van der Waals surface area contributed by atoms with Crippen molar-refractivity contribution in [1.82, 2.24) is 0 Å². The van der Waals surface area contributed by atoms with Gasteiger partial charge in [-0.25, -0.2) is 0 Å². The average Bonchev–Trinajstić information content (AvgIpc) is 3.01. The molecule has 2 N–H and O–H groups in total. The van der Waals surface area contributed by atoms with Gasteiger partial charge >= 0.3 is 0 Å². The molecule has 1 atom stereocenters. The van der Waals surface area contributed by atoms with Gasteiger partial charge in [-0.1, -0.05) is 19.9 Å². The highest BCUT2D eigenvalue weighted by molar-refractivity contribution is 9.10. The van der Waals surface area contributed by atoms with Crippen LogP contribution in [0.3, 0.4) is 0 Å². The van der Waals surface area contributed by atoms with Crippen LogP contribution < -0.4 is 5.73 Å². The minimum absolute atomic E-state index is 0.248. The zero-order chi connectivity index (χ0) is 12.6. The normalized spacial score (nSPS) is 19.4. The second kappa shape index (κ2) is 4.94. The Kier molecular flexibility index (Phi) is 3.91. The fourth-order valence-electron chi connectivity index (χ4n) is 2.30. The van der Waals surface area contributed by atoms with Crippen LogP contribution in [0.1, 0.15) is 39.2 Å². The van der Waals surface area contributed by atoms with Crippen LogP contribution in [0.2, 0.25) is 0 Å². The summed E-state index contributed by atoms with van der Waals surface area (Å²) in [5, 5.41) is 0.612. The van der Waals surface area contributed by atoms with Crippen LogP contribution in [-0.4, -0.2) is 11.3 Å². The van der Waals surface area contributed by atoms with E-state index in [0.717, 1.165) is 0 Å². The minimum atomic E-state index is 0.248. The summed E-state index contributed by atoms with van der Waals surface area (Å²) in [7, 11) is 0. The molecular weight excluding hydrogens is 294 g/mol. The Balaban J connectivity index is 2.25. The zero-order valence-corrected chi connectivity index (χ0v) is 13.1. The third-order valence-electron chi connectivity index (χ3n) is 3.53. The molecule has 3 heteroatoms. The number of benzene rings is 1. The largest absolute Gasteiger partial charge is 0.327 e. The Labute approximate surface area is 117 Å². The second-order valence-corrected chi connectivity index (χ2v) is 7.73. The molecule has 1 unspecified atom stereocenters. The van der Waals surface area contributed by atoms with Crippen molar-refractivity contribution in [2.75, 3.05) is 0 Å². The van der Waals surface area contributed by atoms with E-state index in [0.29, 0.717) is 5.25 Å². The van der Waals surface area contributed by atoms with Gasteiger partial charge in [0.15, 0.2) is 0 Å². The Bertz CT molecular complexity index is 411. The molecule has 1 aromatic rings. The maximum Gasteiger partial charge on any atom is 0.0314 e. The van der Waals surface area contributed by atoms with Gasteiger partial charge in [-0.2, -0.15) is 0 Å². The summed E-state index contributed by atoms with van der Waals surface area (Å²) in [4.78, 5) is 1.32. The van der Waals surface area contributed by atoms with Crippen molar-refractivity contribution in [3.05, 3.63) is 28.2 Å². The first kappa shape index (κ1) is 13.4. The van der Waals surface area contributed by atoms with Crippen molar-refractivity contribution in [3.63, 3.8) is 0 Å². The summed E-state index contributed by atoms with van der Waals surface area (Å²) in [5.74, 6) is 0. The molecule has 0 heterocycles. The second-order valence-electron chi connectivity index (χ2n) is 5.26. The monoisotopic (exact) mass is 313 g/mol. The van der Waals surface area contributed by atoms with Crippen LogP contribution in [-0.2, 0) is 5.41 Å². The van der Waals surface area contributed by atoms with E-state index in [1.165, 1.54) is 27.8 Å². The maximum absolute atomic E-state index is 6.11. The highest BCUT2D eigenvalue weighted by Gasteiger charge is 2.47. The van der Waals surface area contributed by atoms with Crippen molar-refractivity contribution >= 4 is 27.7 Å². The molecule has 1 aliphatic rings. The molecule has 0 radical (unpaired) electrons. The van der Waals surface area contributed by atoms with Gasteiger partial charge in [0, 0.05) is 26.1 Å². The lowest BCUT2D eigenvalue weighted by atomic mass is 9.90. The molecule has 94 valence electrons. The first-order valence-corrected chi connectivity index (χ1v) is 7.85. The zero-order valence-electron chi connectivity index (χ0n) is 10.7. The third-order valence-corrected chi connectivity index (χ3v) is 5.53. The van der Waals surface area contributed by atoms with Gasteiger partial charge in [0.2, 0.25) is 0 Å². The maximum atomic E-state index is 6.11. The van der Waals surface area contributed by atoms with Gasteiger partial charge in [-0.05, 0) is 53.4 Å². The van der Waals surface area contributed by atoms with Crippen LogP contribution >= 0.6 is 27.7 Å². The van der Waals surface area contributed by atoms with E-state index in [4.69, 9.17) is 5.73 Å². The molecule has 1 fully saturated rings. The smallest absolute Gasteiger partial charge is 0.0314 e. The number of hydrogen-bond donors (Lipinski definition) is 1. The molecule has 0 amide bonds. The van der Waals surface area contributed by atoms with Gasteiger partial charge in [0.05, 0.1) is 0 Å². The minimum Gasteiger partial charge on any atom is -0.327 e. The van der Waals surface area contributed by atoms with Gasteiger partial charge in [-0.15, -0.1) is 11.8 Å². The van der Waals surface area contributed by atoms with E-state index < -0.39 is 0 Å². The van der Waals surface area contributed by atoms with Crippen molar-refractivity contribution in [3.8, 4) is 0 Å². The van der Waals surface area contributed by atoms with E-state index in [9.17, 15) is 0 Å². The Morgan fingerprint density at radius 2 is 1.94 bits per heavy atom. The average molecular weight is 314 g/mol. The number of thioether (sulfide) groups is 1. The molecule has 0 bridgehead atoms. The molecule has 17 heavy (non-hydrogen) atoms. The Morgan fingerprint density at radius 3 is 2.35 bits per heavy atom. The molecule has 1 aromatic carbocycles. The van der Waals surface area contributed by atoms with E-state index in [1.807, 2.05) is 11.8 Å². The predicted octanol–water partition coefficient (Wildman–Crippen LogP) is 4.33. The Morgan fingerprint density at radius 1 is 1.29 bits per heavy atom. The topological polar surface area (TPSA) is 26.0 Å². The summed E-state index contributed by atoms with van der Waals surface area (Å²) in [6.07, 6.45) is 2.46. The molecule has 0 aliphatic heterocycles. The van der Waals surface area contributed by atoms with Gasteiger partial charge in [0.1, 0.15) is 0 Å². The quantitative estimate of drug-likeness (QED) is 0.837. The predicted molar refractivity (Wildman–Crippen MR) is 79.7 cm³/mol. The number of hydrogen-bond acceptors (Lipinski definition) is 2. The van der Waals surface area contributed by atoms with Crippen LogP contribution in [0.4, 0.5) is 0 Å². The summed E-state index contributed by atoms with van der Waals surface area (Å²) in [5.41, 5.74) is 7.76. The van der Waals surface area contributed by atoms with Crippen LogP contribution in [0.5, 0.6) is 0 Å². The fourth-order valence-corrected chi connectivity index (χ4v) is 3.79. The van der Waals surface area contributed by atoms with Crippen molar-refractivity contribution in [1.29, 1.82) is 0 Å². The molecule has 0 saturated heterocycles. The lowest BCUT2D eigenvalue weighted by Crippen LogP contribution is -2.31. The van der Waals surface area contributed by atoms with Crippen molar-refractivity contribution < 1.29 is 0 Å². The van der Waals surface area contributed by atoms with Gasteiger partial charge < -0.3 is 5.73 Å². The number of nitrogens with two attached hydrogens (primary N) is 1. The van der Waals surface area contributed by atoms with Crippen LogP contribution in [0.25, 0.3) is 0 Å². The van der Waals surface area contributed by atoms with Crippen LogP contribution in [0, 0.1) is 0 Å². The molecule has 1 nitrogen and oxygen atoms in total. The molecule has 1 saturated carbocycles. The highest BCUT2D eigenvalue weighted by atomic mass is 79.9. The lowest BCUT2D eigenvalue weighted by molar-refractivity contribution is 0.556. The van der Waals surface area contributed by atoms with E-state index in [-0.39, 0.29) is 11.5 Å². The molecular formula is C14H20BrNS. The Hall–Kier alpha value is 0.01000. The third kappa shape index (κ3) is 2.72. The summed E-state index contributed by atoms with van der Waals surface area (Å²) in [6, 6.07) is 7.00. The van der Waals surface area contributed by atoms with Gasteiger partial charge in [-0.3, -0.25) is 0 Å². The molecule has 0 aromatic heterocycles. The summed E-state index contributed by atoms with van der Waals surface area (Å²) < 4.78 is 1.21. The van der Waals surface area contributed by atoms with E-state index >= 15 is 0 Å². The van der Waals surface area contributed by atoms with E-state index in [1.54, 1.807) is 0 Å². The number of halogens is 1. The van der Waals surface area contributed by atoms with Crippen molar-refractivity contribution in [2.24, 2.45) is 5.73 Å². The highest BCUT2D eigenvalue weighted by Crippen LogP contribution is 2.51. The summed E-state index contributed by atoms with van der Waals surface area (Å²) in [6.45, 7) is 6.56. The van der Waals surface area contributed by atoms with Crippen molar-refractivity contribution in [2.45, 2.75) is 55.2 Å². The lowest BCUT2D eigenvalue weighted by Gasteiger charge is -2.21. The van der Waals surface area contributed by atoms with Crippen LogP contribution in [0.15, 0.2) is 27.6 Å². The van der Waals surface area contributed by atoms with E-state index in [2.05, 4.69) is 54.9 Å². The first-order valence-electron chi connectivity index (χ1n) is 6.18. The molecule has 2 rings (SSSR count). The summed E-state index contributed by atoms with van der Waals surface area (Å²) >= 11 is 5.58. The standard InChI is InChI=1S/C14H20BrNS/c1-9(2)17-13-5-4-11(8-12(13)15)14(6-7-14)10(3)16/h4-5,8-10H,6-7,16H2,1-3H3. The fraction of sp³-hybridized carbons (Fsp3) is 0.571. The molecule has 1 aliphatic carbocycles. The SMILES string of the molecule is CC(C)Sc1ccc(C2(C(C)N)CC2)cc1Br. The number of rotatable bonds is 4. The van der Waals surface area contributed by atoms with Gasteiger partial charge in [0.25, 0.3) is 0 Å². The molecule has 0 spiro atoms. The first-order chi connectivity index (χ1) is 7.95.